The summed E-state index contributed by atoms with van der Waals surface area (Å²) in [7, 11) is 1.51. The van der Waals surface area contributed by atoms with E-state index in [2.05, 4.69) is 5.32 Å². The molecule has 0 saturated heterocycles. The Kier molecular flexibility index (Phi) is 6.06. The third-order valence-electron chi connectivity index (χ3n) is 3.28. The molecule has 0 radical (unpaired) electrons. The number of methoxy groups -OCH3 is 1. The monoisotopic (exact) mass is 366 g/mol. The Balaban J connectivity index is 2.20. The largest absolute Gasteiger partial charge is 0.495 e. The quantitative estimate of drug-likeness (QED) is 0.869. The highest BCUT2D eigenvalue weighted by molar-refractivity contribution is 6.44. The second kappa shape index (κ2) is 8.04. The molecule has 5 nitrogen and oxygen atoms in total. The first kappa shape index (κ1) is 18.1. The fourth-order valence-corrected chi connectivity index (χ4v) is 2.55. The standard InChI is InChI=1S/C17H16Cl2N2O3/c1-11(22)21(14-8-5-6-12(18)17(14)19)10-16(23)20-13-7-3-4-9-15(13)24-2/h3-9H,10H2,1-2H3,(H,20,23). The summed E-state index contributed by atoms with van der Waals surface area (Å²) in [6.07, 6.45) is 0. The fourth-order valence-electron chi connectivity index (χ4n) is 2.15. The fraction of sp³-hybridized carbons (Fsp3) is 0.176. The third kappa shape index (κ3) is 4.19. The zero-order chi connectivity index (χ0) is 17.7. The number of carbonyl (C=O) groups excluding carboxylic acids is 2. The summed E-state index contributed by atoms with van der Waals surface area (Å²) >= 11 is 12.1. The van der Waals surface area contributed by atoms with Gasteiger partial charge in [0.2, 0.25) is 11.8 Å². The van der Waals surface area contributed by atoms with Crippen molar-refractivity contribution in [3.8, 4) is 5.75 Å². The molecule has 0 aliphatic rings. The van der Waals surface area contributed by atoms with Crippen LogP contribution in [-0.4, -0.2) is 25.5 Å². The van der Waals surface area contributed by atoms with Gasteiger partial charge in [0.1, 0.15) is 12.3 Å². The van der Waals surface area contributed by atoms with Gasteiger partial charge in [0.15, 0.2) is 0 Å². The van der Waals surface area contributed by atoms with Gasteiger partial charge in [-0.25, -0.2) is 0 Å². The summed E-state index contributed by atoms with van der Waals surface area (Å²) in [4.78, 5) is 25.5. The highest BCUT2D eigenvalue weighted by atomic mass is 35.5. The maximum absolute atomic E-state index is 12.3. The average molecular weight is 367 g/mol. The predicted molar refractivity (Wildman–Crippen MR) is 96.1 cm³/mol. The molecule has 0 aliphatic heterocycles. The molecule has 0 aromatic heterocycles. The van der Waals surface area contributed by atoms with E-state index in [0.29, 0.717) is 22.1 Å². The number of amides is 2. The van der Waals surface area contributed by atoms with Gasteiger partial charge < -0.3 is 15.0 Å². The molecule has 0 fully saturated rings. The van der Waals surface area contributed by atoms with Crippen molar-refractivity contribution in [3.63, 3.8) is 0 Å². The molecular formula is C17H16Cl2N2O3. The molecule has 0 aliphatic carbocycles. The molecule has 0 bridgehead atoms. The van der Waals surface area contributed by atoms with Crippen LogP contribution in [0.4, 0.5) is 11.4 Å². The van der Waals surface area contributed by atoms with Crippen LogP contribution in [0.25, 0.3) is 0 Å². The van der Waals surface area contributed by atoms with Gasteiger partial charge in [-0.3, -0.25) is 9.59 Å². The topological polar surface area (TPSA) is 58.6 Å². The average Bonchev–Trinajstić information content (AvgIpc) is 2.56. The van der Waals surface area contributed by atoms with Crippen molar-refractivity contribution in [2.45, 2.75) is 6.92 Å². The lowest BCUT2D eigenvalue weighted by atomic mass is 10.2. The molecule has 1 N–H and O–H groups in total. The van der Waals surface area contributed by atoms with E-state index in [0.717, 1.165) is 0 Å². The van der Waals surface area contributed by atoms with Gasteiger partial charge in [0.05, 0.1) is 28.5 Å². The van der Waals surface area contributed by atoms with Crippen molar-refractivity contribution < 1.29 is 14.3 Å². The molecule has 7 heteroatoms. The Bertz CT molecular complexity index is 765. The van der Waals surface area contributed by atoms with Crippen LogP contribution in [0.1, 0.15) is 6.92 Å². The Morgan fingerprint density at radius 2 is 1.83 bits per heavy atom. The Morgan fingerprint density at radius 3 is 2.50 bits per heavy atom. The molecule has 2 amide bonds. The van der Waals surface area contributed by atoms with Crippen molar-refractivity contribution in [1.29, 1.82) is 0 Å². The van der Waals surface area contributed by atoms with E-state index >= 15 is 0 Å². The zero-order valence-corrected chi connectivity index (χ0v) is 14.7. The first-order valence-corrected chi connectivity index (χ1v) is 7.84. The third-order valence-corrected chi connectivity index (χ3v) is 4.09. The van der Waals surface area contributed by atoms with Gasteiger partial charge in [-0.15, -0.1) is 0 Å². The number of benzene rings is 2. The molecule has 2 aromatic rings. The Hall–Kier alpha value is -2.24. The van der Waals surface area contributed by atoms with E-state index < -0.39 is 0 Å². The number of hydrogen-bond acceptors (Lipinski definition) is 3. The second-order valence-electron chi connectivity index (χ2n) is 4.93. The highest BCUT2D eigenvalue weighted by Gasteiger charge is 2.20. The minimum atomic E-state index is -0.384. The van der Waals surface area contributed by atoms with Crippen molar-refractivity contribution in [2.24, 2.45) is 0 Å². The van der Waals surface area contributed by atoms with Crippen molar-refractivity contribution in [2.75, 3.05) is 23.9 Å². The van der Waals surface area contributed by atoms with Crippen molar-refractivity contribution in [3.05, 3.63) is 52.5 Å². The normalized spacial score (nSPS) is 10.2. The summed E-state index contributed by atoms with van der Waals surface area (Å²) in [5.74, 6) is -0.180. The number of carbonyl (C=O) groups is 2. The highest BCUT2D eigenvalue weighted by Crippen LogP contribution is 2.32. The van der Waals surface area contributed by atoms with Gasteiger partial charge in [-0.05, 0) is 24.3 Å². The summed E-state index contributed by atoms with van der Waals surface area (Å²) < 4.78 is 5.18. The van der Waals surface area contributed by atoms with Gasteiger partial charge in [0, 0.05) is 6.92 Å². The number of nitrogens with one attached hydrogen (secondary N) is 1. The molecule has 126 valence electrons. The molecule has 2 aromatic carbocycles. The number of hydrogen-bond donors (Lipinski definition) is 1. The molecule has 0 unspecified atom stereocenters. The van der Waals surface area contributed by atoms with Crippen LogP contribution < -0.4 is 15.0 Å². The molecule has 0 heterocycles. The summed E-state index contributed by atoms with van der Waals surface area (Å²) in [5.41, 5.74) is 0.900. The SMILES string of the molecule is COc1ccccc1NC(=O)CN(C(C)=O)c1cccc(Cl)c1Cl. The first-order chi connectivity index (χ1) is 11.4. The molecule has 0 atom stereocenters. The Labute approximate surface area is 150 Å². The van der Waals surface area contributed by atoms with E-state index in [1.807, 2.05) is 0 Å². The maximum atomic E-state index is 12.3. The molecule has 0 saturated carbocycles. The number of rotatable bonds is 5. The van der Waals surface area contributed by atoms with Crippen molar-refractivity contribution in [1.82, 2.24) is 0 Å². The lowest BCUT2D eigenvalue weighted by molar-refractivity contribution is -0.120. The number of halogens is 2. The lowest BCUT2D eigenvalue weighted by Crippen LogP contribution is -2.37. The van der Waals surface area contributed by atoms with Gasteiger partial charge in [-0.1, -0.05) is 41.4 Å². The molecule has 2 rings (SSSR count). The minimum absolute atomic E-state index is 0.201. The predicted octanol–water partition coefficient (Wildman–Crippen LogP) is 3.99. The molecule has 0 spiro atoms. The first-order valence-electron chi connectivity index (χ1n) is 7.09. The van der Waals surface area contributed by atoms with E-state index in [9.17, 15) is 9.59 Å². The zero-order valence-electron chi connectivity index (χ0n) is 13.2. The lowest BCUT2D eigenvalue weighted by Gasteiger charge is -2.22. The van der Waals surface area contributed by atoms with Gasteiger partial charge in [0.25, 0.3) is 0 Å². The van der Waals surface area contributed by atoms with Crippen molar-refractivity contribution >= 4 is 46.4 Å². The minimum Gasteiger partial charge on any atom is -0.495 e. The van der Waals surface area contributed by atoms with Crippen LogP contribution in [0.3, 0.4) is 0 Å². The number of anilines is 2. The van der Waals surface area contributed by atoms with Crippen LogP contribution in [-0.2, 0) is 9.59 Å². The van der Waals surface area contributed by atoms with E-state index in [4.69, 9.17) is 27.9 Å². The van der Waals surface area contributed by atoms with E-state index in [-0.39, 0.29) is 23.4 Å². The van der Waals surface area contributed by atoms with Crippen LogP contribution in [0.5, 0.6) is 5.75 Å². The smallest absolute Gasteiger partial charge is 0.244 e. The van der Waals surface area contributed by atoms with E-state index in [1.54, 1.807) is 42.5 Å². The maximum Gasteiger partial charge on any atom is 0.244 e. The summed E-state index contributed by atoms with van der Waals surface area (Å²) in [6.45, 7) is 1.15. The number of ether oxygens (including phenoxy) is 1. The van der Waals surface area contributed by atoms with Crippen LogP contribution in [0, 0.1) is 0 Å². The van der Waals surface area contributed by atoms with Crippen LogP contribution in [0.2, 0.25) is 10.0 Å². The van der Waals surface area contributed by atoms with Crippen LogP contribution in [0.15, 0.2) is 42.5 Å². The van der Waals surface area contributed by atoms with Crippen LogP contribution >= 0.6 is 23.2 Å². The summed E-state index contributed by atoms with van der Waals surface area (Å²) in [6, 6.07) is 11.9. The van der Waals surface area contributed by atoms with Gasteiger partial charge in [-0.2, -0.15) is 0 Å². The molecule has 24 heavy (non-hydrogen) atoms. The Morgan fingerprint density at radius 1 is 1.12 bits per heavy atom. The molecular weight excluding hydrogens is 351 g/mol. The number of para-hydroxylation sites is 2. The number of nitrogens with zero attached hydrogens (tertiary/aromatic N) is 1. The van der Waals surface area contributed by atoms with Gasteiger partial charge >= 0.3 is 0 Å². The van der Waals surface area contributed by atoms with E-state index in [1.165, 1.54) is 18.9 Å². The summed E-state index contributed by atoms with van der Waals surface area (Å²) in [5, 5.41) is 3.25. The second-order valence-corrected chi connectivity index (χ2v) is 5.71.